The number of nitrogens with zero attached hydrogens (tertiary/aromatic N) is 2. The Morgan fingerprint density at radius 2 is 1.93 bits per heavy atom. The van der Waals surface area contributed by atoms with Gasteiger partial charge in [-0.2, -0.15) is 0 Å². The Kier molecular flexibility index (Phi) is 4.73. The van der Waals surface area contributed by atoms with Gasteiger partial charge in [0.2, 0.25) is 0 Å². The highest BCUT2D eigenvalue weighted by Gasteiger charge is 2.15. The third-order valence-electron chi connectivity index (χ3n) is 4.27. The van der Waals surface area contributed by atoms with Gasteiger partial charge in [0.15, 0.2) is 5.16 Å². The van der Waals surface area contributed by atoms with Crippen LogP contribution >= 0.6 is 11.8 Å². The Balaban J connectivity index is 1.79. The van der Waals surface area contributed by atoms with Crippen LogP contribution in [-0.4, -0.2) is 21.6 Å². The monoisotopic (exact) mass is 377 g/mol. The molecule has 6 heteroatoms. The summed E-state index contributed by atoms with van der Waals surface area (Å²) in [6.45, 7) is 1.93. The minimum absolute atomic E-state index is 0.0903. The van der Waals surface area contributed by atoms with Gasteiger partial charge in [0.1, 0.15) is 11.3 Å². The summed E-state index contributed by atoms with van der Waals surface area (Å²) in [6, 6.07) is 19.4. The van der Waals surface area contributed by atoms with Crippen LogP contribution in [0, 0.1) is 6.92 Å². The second-order valence-corrected chi connectivity index (χ2v) is 7.17. The van der Waals surface area contributed by atoms with Gasteiger partial charge >= 0.3 is 0 Å². The molecule has 5 nitrogen and oxygen atoms in total. The number of aromatic nitrogens is 3. The van der Waals surface area contributed by atoms with Crippen LogP contribution in [0.2, 0.25) is 0 Å². The molecule has 2 heterocycles. The molecule has 0 fully saturated rings. The number of fused-ring (bicyclic) bond motifs is 1. The van der Waals surface area contributed by atoms with E-state index in [0.717, 1.165) is 22.7 Å². The summed E-state index contributed by atoms with van der Waals surface area (Å²) in [5.74, 6) is 1.50. The number of nitrogens with one attached hydrogen (secondary N) is 1. The van der Waals surface area contributed by atoms with E-state index in [-0.39, 0.29) is 5.56 Å². The van der Waals surface area contributed by atoms with Crippen LogP contribution in [0.4, 0.5) is 0 Å². The summed E-state index contributed by atoms with van der Waals surface area (Å²) < 4.78 is 6.96. The first-order valence-corrected chi connectivity index (χ1v) is 9.58. The van der Waals surface area contributed by atoms with Crippen molar-refractivity contribution in [2.75, 3.05) is 7.11 Å². The lowest BCUT2D eigenvalue weighted by Crippen LogP contribution is -2.21. The number of rotatable bonds is 5. The van der Waals surface area contributed by atoms with Gasteiger partial charge in [0.05, 0.1) is 18.3 Å². The van der Waals surface area contributed by atoms with E-state index in [1.807, 2.05) is 67.6 Å². The second-order valence-electron chi connectivity index (χ2n) is 6.22. The molecule has 27 heavy (non-hydrogen) atoms. The minimum Gasteiger partial charge on any atom is -0.497 e. The maximum atomic E-state index is 13.1. The fourth-order valence-corrected chi connectivity index (χ4v) is 3.94. The summed E-state index contributed by atoms with van der Waals surface area (Å²) in [5.41, 5.74) is 3.97. The van der Waals surface area contributed by atoms with Crippen LogP contribution in [0.5, 0.6) is 5.75 Å². The zero-order valence-corrected chi connectivity index (χ0v) is 15.9. The molecule has 136 valence electrons. The molecule has 0 unspecified atom stereocenters. The van der Waals surface area contributed by atoms with Gasteiger partial charge in [0, 0.05) is 11.4 Å². The van der Waals surface area contributed by atoms with Gasteiger partial charge in [-0.1, -0.05) is 42.1 Å². The Hall–Kier alpha value is -2.99. The summed E-state index contributed by atoms with van der Waals surface area (Å²) in [5, 5.41) is 0.667. The maximum absolute atomic E-state index is 13.1. The fourth-order valence-electron chi connectivity index (χ4n) is 2.99. The number of aromatic amines is 1. The fraction of sp³-hybridized carbons (Fsp3) is 0.143. The number of aryl methyl sites for hydroxylation is 1. The molecule has 2 aromatic heterocycles. The third-order valence-corrected chi connectivity index (χ3v) is 5.28. The average Bonchev–Trinajstić information content (AvgIpc) is 3.08. The lowest BCUT2D eigenvalue weighted by molar-refractivity contribution is 0.414. The number of methoxy groups -OCH3 is 1. The summed E-state index contributed by atoms with van der Waals surface area (Å²) in [4.78, 5) is 21.0. The van der Waals surface area contributed by atoms with E-state index < -0.39 is 0 Å². The highest BCUT2D eigenvalue weighted by molar-refractivity contribution is 7.98. The number of ether oxygens (including phenoxy) is 1. The SMILES string of the molecule is COc1cccc(CSc2nc3cc(C)[nH]c3c(=O)n2-c2ccccc2)c1. The Bertz CT molecular complexity index is 1150. The highest BCUT2D eigenvalue weighted by Crippen LogP contribution is 2.26. The molecule has 2 aromatic carbocycles. The smallest absolute Gasteiger partial charge is 0.283 e. The molecule has 4 rings (SSSR count). The van der Waals surface area contributed by atoms with Crippen molar-refractivity contribution in [1.29, 1.82) is 0 Å². The topological polar surface area (TPSA) is 59.9 Å². The van der Waals surface area contributed by atoms with Crippen LogP contribution in [0.1, 0.15) is 11.3 Å². The van der Waals surface area contributed by atoms with Crippen molar-refractivity contribution in [3.05, 3.63) is 82.3 Å². The number of hydrogen-bond donors (Lipinski definition) is 1. The molecule has 0 radical (unpaired) electrons. The molecule has 0 aliphatic carbocycles. The lowest BCUT2D eigenvalue weighted by Gasteiger charge is -2.12. The van der Waals surface area contributed by atoms with Crippen molar-refractivity contribution in [2.24, 2.45) is 0 Å². The van der Waals surface area contributed by atoms with Crippen molar-refractivity contribution in [1.82, 2.24) is 14.5 Å². The Morgan fingerprint density at radius 1 is 1.11 bits per heavy atom. The van der Waals surface area contributed by atoms with Crippen LogP contribution in [0.3, 0.4) is 0 Å². The lowest BCUT2D eigenvalue weighted by atomic mass is 10.2. The molecule has 4 aromatic rings. The van der Waals surface area contributed by atoms with Gasteiger partial charge in [-0.3, -0.25) is 9.36 Å². The minimum atomic E-state index is -0.0903. The number of benzene rings is 2. The van der Waals surface area contributed by atoms with E-state index in [9.17, 15) is 4.79 Å². The third kappa shape index (κ3) is 3.48. The normalized spacial score (nSPS) is 11.0. The molecule has 0 aliphatic rings. The van der Waals surface area contributed by atoms with Crippen molar-refractivity contribution in [2.45, 2.75) is 17.8 Å². The maximum Gasteiger partial charge on any atom is 0.283 e. The van der Waals surface area contributed by atoms with Gasteiger partial charge in [-0.05, 0) is 42.8 Å². The quantitative estimate of drug-likeness (QED) is 0.416. The Morgan fingerprint density at radius 3 is 2.70 bits per heavy atom. The molecule has 0 bridgehead atoms. The largest absolute Gasteiger partial charge is 0.497 e. The van der Waals surface area contributed by atoms with E-state index in [4.69, 9.17) is 9.72 Å². The number of H-pyrrole nitrogens is 1. The molecule has 0 saturated carbocycles. The standard InChI is InChI=1S/C21H19N3O2S/c1-14-11-18-19(22-14)20(25)24(16-8-4-3-5-9-16)21(23-18)27-13-15-7-6-10-17(12-15)26-2/h3-12,22H,13H2,1-2H3. The van der Waals surface area contributed by atoms with Crippen LogP contribution < -0.4 is 10.3 Å². The van der Waals surface area contributed by atoms with E-state index in [0.29, 0.717) is 21.9 Å². The van der Waals surface area contributed by atoms with Crippen molar-refractivity contribution in [3.63, 3.8) is 0 Å². The first-order valence-electron chi connectivity index (χ1n) is 8.59. The van der Waals surface area contributed by atoms with Gasteiger partial charge < -0.3 is 9.72 Å². The highest BCUT2D eigenvalue weighted by atomic mass is 32.2. The van der Waals surface area contributed by atoms with Gasteiger partial charge in [-0.25, -0.2) is 4.98 Å². The second kappa shape index (κ2) is 7.32. The molecule has 0 amide bonds. The predicted octanol–water partition coefficient (Wildman–Crippen LogP) is 4.32. The van der Waals surface area contributed by atoms with E-state index >= 15 is 0 Å². The zero-order chi connectivity index (χ0) is 18.8. The van der Waals surface area contributed by atoms with E-state index in [1.54, 1.807) is 11.7 Å². The molecular formula is C21H19N3O2S. The van der Waals surface area contributed by atoms with Crippen molar-refractivity contribution in [3.8, 4) is 11.4 Å². The molecule has 0 aliphatic heterocycles. The summed E-state index contributed by atoms with van der Waals surface area (Å²) in [6.07, 6.45) is 0. The zero-order valence-electron chi connectivity index (χ0n) is 15.1. The van der Waals surface area contributed by atoms with E-state index in [1.165, 1.54) is 11.8 Å². The van der Waals surface area contributed by atoms with Crippen LogP contribution in [0.15, 0.2) is 70.6 Å². The van der Waals surface area contributed by atoms with Crippen molar-refractivity contribution >= 4 is 22.8 Å². The molecule has 1 N–H and O–H groups in total. The summed E-state index contributed by atoms with van der Waals surface area (Å²) in [7, 11) is 1.66. The van der Waals surface area contributed by atoms with Crippen LogP contribution in [0.25, 0.3) is 16.7 Å². The van der Waals surface area contributed by atoms with Crippen LogP contribution in [-0.2, 0) is 5.75 Å². The molecule has 0 spiro atoms. The molecule has 0 saturated heterocycles. The molecule has 0 atom stereocenters. The number of hydrogen-bond acceptors (Lipinski definition) is 4. The molecular weight excluding hydrogens is 358 g/mol. The van der Waals surface area contributed by atoms with Gasteiger partial charge in [0.25, 0.3) is 5.56 Å². The summed E-state index contributed by atoms with van der Waals surface area (Å²) >= 11 is 1.53. The van der Waals surface area contributed by atoms with E-state index in [2.05, 4.69) is 4.98 Å². The number of para-hydroxylation sites is 1. The Labute approximate surface area is 161 Å². The predicted molar refractivity (Wildman–Crippen MR) is 109 cm³/mol. The van der Waals surface area contributed by atoms with Gasteiger partial charge in [-0.15, -0.1) is 0 Å². The first-order chi connectivity index (χ1) is 13.2. The first kappa shape index (κ1) is 17.4. The number of thioether (sulfide) groups is 1. The van der Waals surface area contributed by atoms with Crippen molar-refractivity contribution < 1.29 is 4.74 Å². The average molecular weight is 377 g/mol.